The van der Waals surface area contributed by atoms with Gasteiger partial charge in [-0.05, 0) is 69.5 Å². The van der Waals surface area contributed by atoms with E-state index in [9.17, 15) is 0 Å². The monoisotopic (exact) mass is 387 g/mol. The molecule has 0 atom stereocenters. The summed E-state index contributed by atoms with van der Waals surface area (Å²) in [4.78, 5) is 0. The number of thiocarbonyl (C=S) groups is 1. The Hall–Kier alpha value is -1.62. The molecule has 1 heterocycles. The first-order chi connectivity index (χ1) is 9.16. The van der Waals surface area contributed by atoms with Crippen molar-refractivity contribution in [3.63, 3.8) is 0 Å². The topological polar surface area (TPSA) is 94.0 Å². The molecule has 9 heteroatoms. The number of tetrazole rings is 1. The van der Waals surface area contributed by atoms with E-state index in [0.29, 0.717) is 12.2 Å². The largest absolute Gasteiger partial charge is 0.375 e. The van der Waals surface area contributed by atoms with Gasteiger partial charge in [-0.15, -0.1) is 5.10 Å². The number of benzene rings is 1. The lowest BCUT2D eigenvalue weighted by molar-refractivity contribution is 0.775. The standard InChI is InChI=1S/C10H10IN7S/c11-7-1-3-8(4-2-7)18-9(14-16-17-18)5-6-13-15-10(12)19/h1-4,6H,5H2,(H3,12,15,19). The maximum Gasteiger partial charge on any atom is 0.184 e. The molecule has 0 fully saturated rings. The van der Waals surface area contributed by atoms with Crippen molar-refractivity contribution in [3.05, 3.63) is 33.7 Å². The molecule has 0 aliphatic heterocycles. The number of aromatic nitrogens is 4. The molecule has 3 N–H and O–H groups in total. The fourth-order valence-corrected chi connectivity index (χ4v) is 1.76. The van der Waals surface area contributed by atoms with Gasteiger partial charge in [0.25, 0.3) is 0 Å². The van der Waals surface area contributed by atoms with Crippen molar-refractivity contribution in [1.82, 2.24) is 25.6 Å². The lowest BCUT2D eigenvalue weighted by Gasteiger charge is -2.02. The van der Waals surface area contributed by atoms with Crippen LogP contribution in [0, 0.1) is 3.57 Å². The molecule has 0 aliphatic carbocycles. The van der Waals surface area contributed by atoms with E-state index >= 15 is 0 Å². The van der Waals surface area contributed by atoms with Gasteiger partial charge in [0.05, 0.1) is 5.69 Å². The molecule has 1 aromatic carbocycles. The normalized spacial score (nSPS) is 10.8. The number of nitrogens with zero attached hydrogens (tertiary/aromatic N) is 5. The second kappa shape index (κ2) is 6.52. The van der Waals surface area contributed by atoms with E-state index in [1.165, 1.54) is 0 Å². The summed E-state index contributed by atoms with van der Waals surface area (Å²) in [5.74, 6) is 0.676. The smallest absolute Gasteiger partial charge is 0.184 e. The van der Waals surface area contributed by atoms with Crippen LogP contribution < -0.4 is 11.2 Å². The van der Waals surface area contributed by atoms with Gasteiger partial charge in [0.2, 0.25) is 0 Å². The van der Waals surface area contributed by atoms with Gasteiger partial charge >= 0.3 is 0 Å². The molecule has 1 aromatic heterocycles. The number of hydrogen-bond donors (Lipinski definition) is 2. The van der Waals surface area contributed by atoms with Gasteiger partial charge in [0, 0.05) is 16.2 Å². The molecule has 19 heavy (non-hydrogen) atoms. The number of halogens is 1. The highest BCUT2D eigenvalue weighted by molar-refractivity contribution is 14.1. The van der Waals surface area contributed by atoms with E-state index in [2.05, 4.69) is 60.9 Å². The highest BCUT2D eigenvalue weighted by Gasteiger charge is 2.06. The Balaban J connectivity index is 2.11. The van der Waals surface area contributed by atoms with Gasteiger partial charge < -0.3 is 5.73 Å². The second-order valence-corrected chi connectivity index (χ2v) is 5.16. The third-order valence-electron chi connectivity index (χ3n) is 2.15. The molecular weight excluding hydrogens is 377 g/mol. The minimum absolute atomic E-state index is 0.119. The maximum atomic E-state index is 5.25. The molecule has 0 saturated heterocycles. The minimum atomic E-state index is 0.119. The molecule has 2 rings (SSSR count). The fraction of sp³-hybridized carbons (Fsp3) is 0.100. The van der Waals surface area contributed by atoms with Crippen LogP contribution in [-0.2, 0) is 6.42 Å². The molecule has 0 unspecified atom stereocenters. The van der Waals surface area contributed by atoms with Crippen molar-refractivity contribution in [1.29, 1.82) is 0 Å². The summed E-state index contributed by atoms with van der Waals surface area (Å²) in [5.41, 5.74) is 8.62. The molecule has 0 bridgehead atoms. The molecule has 0 aliphatic rings. The van der Waals surface area contributed by atoms with Crippen LogP contribution in [-0.4, -0.2) is 31.5 Å². The number of nitrogens with one attached hydrogen (secondary N) is 1. The number of hydrazone groups is 1. The van der Waals surface area contributed by atoms with Gasteiger partial charge in [-0.2, -0.15) is 9.78 Å². The van der Waals surface area contributed by atoms with Crippen molar-refractivity contribution >= 4 is 46.1 Å². The van der Waals surface area contributed by atoms with Gasteiger partial charge in [-0.25, -0.2) is 0 Å². The van der Waals surface area contributed by atoms with Gasteiger partial charge in [-0.1, -0.05) is 0 Å². The third-order valence-corrected chi connectivity index (χ3v) is 2.96. The van der Waals surface area contributed by atoms with Crippen LogP contribution in [0.4, 0.5) is 0 Å². The summed E-state index contributed by atoms with van der Waals surface area (Å²) in [6, 6.07) is 7.88. The summed E-state index contributed by atoms with van der Waals surface area (Å²) in [6.45, 7) is 0. The lowest BCUT2D eigenvalue weighted by Crippen LogP contribution is -2.24. The number of nitrogens with two attached hydrogens (primary N) is 1. The molecule has 0 spiro atoms. The summed E-state index contributed by atoms with van der Waals surface area (Å²) >= 11 is 6.87. The van der Waals surface area contributed by atoms with E-state index in [4.69, 9.17) is 5.73 Å². The number of hydrogen-bond acceptors (Lipinski definition) is 5. The Morgan fingerprint density at radius 3 is 2.89 bits per heavy atom. The average molecular weight is 387 g/mol. The maximum absolute atomic E-state index is 5.25. The summed E-state index contributed by atoms with van der Waals surface area (Å²) in [5, 5.41) is 15.5. The highest BCUT2D eigenvalue weighted by atomic mass is 127. The zero-order valence-electron chi connectivity index (χ0n) is 9.69. The van der Waals surface area contributed by atoms with Gasteiger partial charge in [-0.3, -0.25) is 5.43 Å². The van der Waals surface area contributed by atoms with Crippen molar-refractivity contribution in [2.24, 2.45) is 10.8 Å². The Morgan fingerprint density at radius 2 is 2.21 bits per heavy atom. The fourth-order valence-electron chi connectivity index (χ4n) is 1.35. The van der Waals surface area contributed by atoms with Crippen molar-refractivity contribution in [2.75, 3.05) is 0 Å². The summed E-state index contributed by atoms with van der Waals surface area (Å²) in [6.07, 6.45) is 2.07. The predicted octanol–water partition coefficient (Wildman–Crippen LogP) is 0.628. The molecule has 7 nitrogen and oxygen atoms in total. The quantitative estimate of drug-likeness (QED) is 0.346. The van der Waals surface area contributed by atoms with E-state index in [-0.39, 0.29) is 5.11 Å². The zero-order chi connectivity index (χ0) is 13.7. The Labute approximate surface area is 128 Å². The first kappa shape index (κ1) is 13.8. The van der Waals surface area contributed by atoms with Crippen LogP contribution in [0.25, 0.3) is 5.69 Å². The van der Waals surface area contributed by atoms with Crippen molar-refractivity contribution < 1.29 is 0 Å². The predicted molar refractivity (Wildman–Crippen MR) is 84.0 cm³/mol. The molecule has 2 aromatic rings. The van der Waals surface area contributed by atoms with E-state index in [0.717, 1.165) is 9.26 Å². The van der Waals surface area contributed by atoms with E-state index in [1.54, 1.807) is 10.9 Å². The summed E-state index contributed by atoms with van der Waals surface area (Å²) in [7, 11) is 0. The molecule has 0 saturated carbocycles. The van der Waals surface area contributed by atoms with Crippen LogP contribution >= 0.6 is 34.8 Å². The van der Waals surface area contributed by atoms with Gasteiger partial charge in [0.1, 0.15) is 0 Å². The van der Waals surface area contributed by atoms with E-state index < -0.39 is 0 Å². The average Bonchev–Trinajstić information content (AvgIpc) is 2.84. The molecule has 0 amide bonds. The van der Waals surface area contributed by atoms with Crippen LogP contribution in [0.3, 0.4) is 0 Å². The lowest BCUT2D eigenvalue weighted by atomic mass is 10.3. The highest BCUT2D eigenvalue weighted by Crippen LogP contribution is 2.11. The number of rotatable bonds is 4. The van der Waals surface area contributed by atoms with Crippen LogP contribution in [0.1, 0.15) is 5.82 Å². The van der Waals surface area contributed by atoms with Crippen molar-refractivity contribution in [3.8, 4) is 5.69 Å². The Morgan fingerprint density at radius 1 is 1.47 bits per heavy atom. The molecule has 0 radical (unpaired) electrons. The Kier molecular flexibility index (Phi) is 4.74. The van der Waals surface area contributed by atoms with E-state index in [1.807, 2.05) is 24.3 Å². The minimum Gasteiger partial charge on any atom is -0.375 e. The van der Waals surface area contributed by atoms with Crippen LogP contribution in [0.2, 0.25) is 0 Å². The van der Waals surface area contributed by atoms with Gasteiger partial charge in [0.15, 0.2) is 10.9 Å². The SMILES string of the molecule is NC(=S)NN=CCc1nnnn1-c1ccc(I)cc1. The van der Waals surface area contributed by atoms with Crippen LogP contribution in [0.15, 0.2) is 29.4 Å². The first-order valence-corrected chi connectivity index (χ1v) is 6.75. The molecule has 98 valence electrons. The molecular formula is C10H10IN7S. The van der Waals surface area contributed by atoms with Crippen molar-refractivity contribution in [2.45, 2.75) is 6.42 Å². The second-order valence-electron chi connectivity index (χ2n) is 3.48. The van der Waals surface area contributed by atoms with Crippen LogP contribution in [0.5, 0.6) is 0 Å². The first-order valence-electron chi connectivity index (χ1n) is 5.27. The Bertz CT molecular complexity index is 592. The summed E-state index contributed by atoms with van der Waals surface area (Å²) < 4.78 is 2.81. The zero-order valence-corrected chi connectivity index (χ0v) is 12.7. The third kappa shape index (κ3) is 3.92.